The zero-order chi connectivity index (χ0) is 8.13. The molecule has 5 atom stereocenters. The molecule has 0 spiro atoms. The maximum Gasteiger partial charge on any atom is 0.0788 e. The van der Waals surface area contributed by atoms with E-state index in [9.17, 15) is 0 Å². The summed E-state index contributed by atoms with van der Waals surface area (Å²) in [6.07, 6.45) is 9.59. The molecule has 0 aromatic carbocycles. The molecule has 0 aromatic heterocycles. The van der Waals surface area contributed by atoms with Gasteiger partial charge in [0.1, 0.15) is 0 Å². The highest BCUT2D eigenvalue weighted by Crippen LogP contribution is 2.56. The SMILES string of the molecule is COC1C=CC2C3CCC(C3)C12. The lowest BCUT2D eigenvalue weighted by Gasteiger charge is -2.28. The van der Waals surface area contributed by atoms with Crippen LogP contribution in [-0.2, 0) is 4.74 Å². The fourth-order valence-electron chi connectivity index (χ4n) is 3.75. The van der Waals surface area contributed by atoms with Gasteiger partial charge in [-0.25, -0.2) is 0 Å². The molecule has 0 N–H and O–H groups in total. The first-order valence-corrected chi connectivity index (χ1v) is 5.11. The predicted molar refractivity (Wildman–Crippen MR) is 47.7 cm³/mol. The van der Waals surface area contributed by atoms with Gasteiger partial charge in [-0.3, -0.25) is 0 Å². The van der Waals surface area contributed by atoms with Gasteiger partial charge in [-0.15, -0.1) is 0 Å². The molecular formula is C11H16O. The molecule has 0 radical (unpaired) electrons. The van der Waals surface area contributed by atoms with Crippen LogP contribution in [0.5, 0.6) is 0 Å². The van der Waals surface area contributed by atoms with Gasteiger partial charge < -0.3 is 4.74 Å². The Morgan fingerprint density at radius 1 is 1.17 bits per heavy atom. The zero-order valence-electron chi connectivity index (χ0n) is 7.57. The van der Waals surface area contributed by atoms with E-state index in [1.54, 1.807) is 0 Å². The van der Waals surface area contributed by atoms with Crippen molar-refractivity contribution in [3.63, 3.8) is 0 Å². The van der Waals surface area contributed by atoms with Crippen LogP contribution in [-0.4, -0.2) is 13.2 Å². The average molecular weight is 164 g/mol. The standard InChI is InChI=1S/C11H16O/c1-12-10-5-4-9-7-2-3-8(6-7)11(9)10/h4-5,7-11H,2-3,6H2,1H3. The second-order valence-electron chi connectivity index (χ2n) is 4.57. The number of methoxy groups -OCH3 is 1. The van der Waals surface area contributed by atoms with Crippen molar-refractivity contribution in [2.75, 3.05) is 7.11 Å². The molecule has 1 heteroatoms. The van der Waals surface area contributed by atoms with Crippen molar-refractivity contribution < 1.29 is 4.74 Å². The fraction of sp³-hybridized carbons (Fsp3) is 0.818. The molecule has 0 saturated heterocycles. The number of hydrogen-bond donors (Lipinski definition) is 0. The van der Waals surface area contributed by atoms with E-state index in [4.69, 9.17) is 4.74 Å². The molecule has 5 unspecified atom stereocenters. The number of hydrogen-bond acceptors (Lipinski definition) is 1. The van der Waals surface area contributed by atoms with Crippen LogP contribution in [0.1, 0.15) is 19.3 Å². The quantitative estimate of drug-likeness (QED) is 0.540. The minimum Gasteiger partial charge on any atom is -0.377 e. The first kappa shape index (κ1) is 7.14. The van der Waals surface area contributed by atoms with Crippen LogP contribution >= 0.6 is 0 Å². The van der Waals surface area contributed by atoms with E-state index in [1.165, 1.54) is 19.3 Å². The number of fused-ring (bicyclic) bond motifs is 5. The third-order valence-corrected chi connectivity index (χ3v) is 4.22. The predicted octanol–water partition coefficient (Wildman–Crippen LogP) is 2.23. The van der Waals surface area contributed by atoms with Gasteiger partial charge >= 0.3 is 0 Å². The molecule has 2 fully saturated rings. The molecular weight excluding hydrogens is 148 g/mol. The summed E-state index contributed by atoms with van der Waals surface area (Å²) >= 11 is 0. The van der Waals surface area contributed by atoms with E-state index in [-0.39, 0.29) is 0 Å². The highest BCUT2D eigenvalue weighted by Gasteiger charge is 2.51. The van der Waals surface area contributed by atoms with Gasteiger partial charge in [-0.2, -0.15) is 0 Å². The van der Waals surface area contributed by atoms with Gasteiger partial charge in [0, 0.05) is 7.11 Å². The smallest absolute Gasteiger partial charge is 0.0788 e. The maximum absolute atomic E-state index is 5.49. The molecule has 0 aliphatic heterocycles. The molecule has 1 nitrogen and oxygen atoms in total. The summed E-state index contributed by atoms with van der Waals surface area (Å²) in [7, 11) is 1.85. The molecule has 2 bridgehead atoms. The van der Waals surface area contributed by atoms with Gasteiger partial charge in [-0.1, -0.05) is 12.2 Å². The lowest BCUT2D eigenvalue weighted by Crippen LogP contribution is -2.27. The highest BCUT2D eigenvalue weighted by atomic mass is 16.5. The van der Waals surface area contributed by atoms with E-state index in [2.05, 4.69) is 12.2 Å². The molecule has 3 aliphatic carbocycles. The molecule has 12 heavy (non-hydrogen) atoms. The summed E-state index contributed by atoms with van der Waals surface area (Å²) in [5, 5.41) is 0. The molecule has 66 valence electrons. The van der Waals surface area contributed by atoms with Crippen molar-refractivity contribution in [1.29, 1.82) is 0 Å². The Kier molecular flexibility index (Phi) is 1.40. The van der Waals surface area contributed by atoms with Crippen LogP contribution in [0.25, 0.3) is 0 Å². The van der Waals surface area contributed by atoms with E-state index in [0.717, 1.165) is 23.7 Å². The molecule has 0 amide bonds. The average Bonchev–Trinajstić information content (AvgIpc) is 2.76. The summed E-state index contributed by atoms with van der Waals surface area (Å²) in [5.41, 5.74) is 0. The van der Waals surface area contributed by atoms with Crippen molar-refractivity contribution in [2.45, 2.75) is 25.4 Å². The second kappa shape index (κ2) is 2.35. The highest BCUT2D eigenvalue weighted by molar-refractivity contribution is 5.16. The minimum atomic E-state index is 0.449. The summed E-state index contributed by atoms with van der Waals surface area (Å²) < 4.78 is 5.49. The third-order valence-electron chi connectivity index (χ3n) is 4.22. The largest absolute Gasteiger partial charge is 0.377 e. The Labute approximate surface area is 73.8 Å². The van der Waals surface area contributed by atoms with Crippen molar-refractivity contribution in [1.82, 2.24) is 0 Å². The van der Waals surface area contributed by atoms with Crippen LogP contribution < -0.4 is 0 Å². The number of ether oxygens (including phenoxy) is 1. The molecule has 0 heterocycles. The third kappa shape index (κ3) is 0.731. The van der Waals surface area contributed by atoms with Crippen LogP contribution in [0, 0.1) is 23.7 Å². The molecule has 0 aromatic rings. The van der Waals surface area contributed by atoms with Crippen molar-refractivity contribution in [3.05, 3.63) is 12.2 Å². The van der Waals surface area contributed by atoms with Crippen LogP contribution in [0.3, 0.4) is 0 Å². The summed E-state index contributed by atoms with van der Waals surface area (Å²) in [5.74, 6) is 3.73. The molecule has 2 saturated carbocycles. The lowest BCUT2D eigenvalue weighted by atomic mass is 9.80. The topological polar surface area (TPSA) is 9.23 Å². The second-order valence-corrected chi connectivity index (χ2v) is 4.57. The molecule has 3 rings (SSSR count). The van der Waals surface area contributed by atoms with Crippen LogP contribution in [0.2, 0.25) is 0 Å². The first-order chi connectivity index (χ1) is 5.90. The summed E-state index contributed by atoms with van der Waals surface area (Å²) in [6, 6.07) is 0. The zero-order valence-corrected chi connectivity index (χ0v) is 7.57. The fourth-order valence-corrected chi connectivity index (χ4v) is 3.75. The molecule has 3 aliphatic rings. The summed E-state index contributed by atoms with van der Waals surface area (Å²) in [6.45, 7) is 0. The van der Waals surface area contributed by atoms with Gasteiger partial charge in [0.15, 0.2) is 0 Å². The van der Waals surface area contributed by atoms with Gasteiger partial charge in [0.2, 0.25) is 0 Å². The van der Waals surface area contributed by atoms with Crippen molar-refractivity contribution in [2.24, 2.45) is 23.7 Å². The summed E-state index contributed by atoms with van der Waals surface area (Å²) in [4.78, 5) is 0. The Hall–Kier alpha value is -0.300. The van der Waals surface area contributed by atoms with E-state index < -0.39 is 0 Å². The monoisotopic (exact) mass is 164 g/mol. The minimum absolute atomic E-state index is 0.449. The van der Waals surface area contributed by atoms with Crippen molar-refractivity contribution >= 4 is 0 Å². The number of allylic oxidation sites excluding steroid dienone is 1. The van der Waals surface area contributed by atoms with E-state index >= 15 is 0 Å². The van der Waals surface area contributed by atoms with Crippen LogP contribution in [0.4, 0.5) is 0 Å². The Morgan fingerprint density at radius 3 is 2.83 bits per heavy atom. The van der Waals surface area contributed by atoms with Gasteiger partial charge in [0.05, 0.1) is 6.10 Å². The maximum atomic E-state index is 5.49. The van der Waals surface area contributed by atoms with E-state index in [1.807, 2.05) is 7.11 Å². The van der Waals surface area contributed by atoms with Gasteiger partial charge in [-0.05, 0) is 42.9 Å². The Balaban J connectivity index is 1.89. The lowest BCUT2D eigenvalue weighted by molar-refractivity contribution is 0.0592. The number of rotatable bonds is 1. The van der Waals surface area contributed by atoms with Crippen LogP contribution in [0.15, 0.2) is 12.2 Å². The van der Waals surface area contributed by atoms with E-state index in [0.29, 0.717) is 6.10 Å². The Bertz CT molecular complexity index is 221. The normalized spacial score (nSPS) is 54.9. The van der Waals surface area contributed by atoms with Gasteiger partial charge in [0.25, 0.3) is 0 Å². The van der Waals surface area contributed by atoms with Crippen molar-refractivity contribution in [3.8, 4) is 0 Å². The first-order valence-electron chi connectivity index (χ1n) is 5.11. The Morgan fingerprint density at radius 2 is 2.00 bits per heavy atom.